The van der Waals surface area contributed by atoms with Gasteiger partial charge in [-0.3, -0.25) is 0 Å². The van der Waals surface area contributed by atoms with Gasteiger partial charge >= 0.3 is 0 Å². The van der Waals surface area contributed by atoms with E-state index in [-0.39, 0.29) is 0 Å². The van der Waals surface area contributed by atoms with Crippen LogP contribution in [0, 0.1) is 0 Å². The molecule has 11 rings (SSSR count). The van der Waals surface area contributed by atoms with Gasteiger partial charge < -0.3 is 4.90 Å². The second-order valence-electron chi connectivity index (χ2n) is 14.0. The van der Waals surface area contributed by atoms with Crippen molar-refractivity contribution in [3.63, 3.8) is 0 Å². The van der Waals surface area contributed by atoms with Gasteiger partial charge in [-0.25, -0.2) is 15.0 Å². The molecule has 0 amide bonds. The first-order chi connectivity index (χ1) is 27.3. The van der Waals surface area contributed by atoms with Gasteiger partial charge in [0.25, 0.3) is 0 Å². The molecule has 2 heterocycles. The Hall–Kier alpha value is -7.43. The van der Waals surface area contributed by atoms with Gasteiger partial charge in [0.2, 0.25) is 0 Å². The maximum atomic E-state index is 5.28. The molecule has 1 aliphatic rings. The van der Waals surface area contributed by atoms with Crippen LogP contribution in [0.2, 0.25) is 0 Å². The van der Waals surface area contributed by atoms with Gasteiger partial charge in [0, 0.05) is 33.3 Å². The smallest absolute Gasteiger partial charge is 0.166 e. The van der Waals surface area contributed by atoms with Gasteiger partial charge in [0.05, 0.1) is 11.4 Å². The summed E-state index contributed by atoms with van der Waals surface area (Å²) in [5, 5.41) is 7.23. The quantitative estimate of drug-likeness (QED) is 0.179. The highest BCUT2D eigenvalue weighted by atomic mass is 15.2. The van der Waals surface area contributed by atoms with Crippen molar-refractivity contribution in [2.45, 2.75) is 0 Å². The molecule has 0 fully saturated rings. The topological polar surface area (TPSA) is 41.9 Å². The van der Waals surface area contributed by atoms with Gasteiger partial charge in [-0.15, -0.1) is 0 Å². The maximum absolute atomic E-state index is 5.28. The standard InChI is InChI=1S/C51H32N4/c1-3-15-35(16-4-1)49-52-50(39-28-26-34-14-8-10-18-37(34)32-39)54-51(53-49)45-24-12-23-44-43-22-11-21-42-41(38-27-25-33-13-7-9-17-36(33)31-38)29-30-46(47(42)43)55(48(44)45)40-19-5-2-6-20-40/h1-32H. The van der Waals surface area contributed by atoms with Gasteiger partial charge in [-0.2, -0.15) is 0 Å². The van der Waals surface area contributed by atoms with E-state index in [1.165, 1.54) is 43.6 Å². The predicted molar refractivity (Wildman–Crippen MR) is 228 cm³/mol. The molecule has 0 radical (unpaired) electrons. The first kappa shape index (κ1) is 31.1. The Balaban J connectivity index is 1.17. The first-order valence-corrected chi connectivity index (χ1v) is 18.6. The van der Waals surface area contributed by atoms with E-state index >= 15 is 0 Å². The Labute approximate surface area is 318 Å². The van der Waals surface area contributed by atoms with Crippen LogP contribution >= 0.6 is 0 Å². The van der Waals surface area contributed by atoms with Crippen LogP contribution < -0.4 is 4.90 Å². The van der Waals surface area contributed by atoms with E-state index in [4.69, 9.17) is 15.0 Å². The minimum absolute atomic E-state index is 0.623. The molecule has 0 atom stereocenters. The van der Waals surface area contributed by atoms with Gasteiger partial charge in [0.1, 0.15) is 0 Å². The zero-order valence-corrected chi connectivity index (χ0v) is 29.8. The van der Waals surface area contributed by atoms with Crippen molar-refractivity contribution in [2.75, 3.05) is 4.90 Å². The lowest BCUT2D eigenvalue weighted by Gasteiger charge is -2.35. The fourth-order valence-corrected chi connectivity index (χ4v) is 8.23. The number of nitrogens with zero attached hydrogens (tertiary/aromatic N) is 4. The lowest BCUT2D eigenvalue weighted by Crippen LogP contribution is -2.17. The monoisotopic (exact) mass is 700 g/mol. The van der Waals surface area contributed by atoms with Gasteiger partial charge in [-0.1, -0.05) is 158 Å². The molecule has 4 nitrogen and oxygen atoms in total. The number of hydrogen-bond donors (Lipinski definition) is 0. The molecule has 0 bridgehead atoms. The molecule has 1 aliphatic heterocycles. The van der Waals surface area contributed by atoms with E-state index in [2.05, 4.69) is 181 Å². The number of fused-ring (bicyclic) bond motifs is 4. The molecule has 55 heavy (non-hydrogen) atoms. The van der Waals surface area contributed by atoms with E-state index in [0.29, 0.717) is 17.5 Å². The minimum Gasteiger partial charge on any atom is -0.308 e. The van der Waals surface area contributed by atoms with E-state index in [1.807, 2.05) is 18.2 Å². The number of rotatable bonds is 5. The zero-order valence-electron chi connectivity index (χ0n) is 29.8. The number of aromatic nitrogens is 3. The second-order valence-corrected chi connectivity index (χ2v) is 14.0. The third-order valence-corrected chi connectivity index (χ3v) is 10.8. The molecule has 9 aromatic carbocycles. The second kappa shape index (κ2) is 12.6. The van der Waals surface area contributed by atoms with Crippen LogP contribution in [-0.2, 0) is 0 Å². The van der Waals surface area contributed by atoms with Crippen molar-refractivity contribution in [2.24, 2.45) is 0 Å². The van der Waals surface area contributed by atoms with Crippen LogP contribution in [0.15, 0.2) is 194 Å². The molecule has 1 aromatic heterocycles. The lowest BCUT2D eigenvalue weighted by atomic mass is 9.86. The summed E-state index contributed by atoms with van der Waals surface area (Å²) in [6.45, 7) is 0. The highest BCUT2D eigenvalue weighted by Crippen LogP contribution is 2.55. The van der Waals surface area contributed by atoms with E-state index in [0.717, 1.165) is 44.7 Å². The van der Waals surface area contributed by atoms with Gasteiger partial charge in [-0.05, 0) is 80.0 Å². The maximum Gasteiger partial charge on any atom is 0.166 e. The van der Waals surface area contributed by atoms with Crippen molar-refractivity contribution in [3.8, 4) is 56.4 Å². The number of benzene rings is 9. The SMILES string of the molecule is c1ccc(-c2nc(-c3ccc4ccccc4c3)nc(-c3cccc4c3N(c3ccccc3)c3ccc(-c5ccc6ccccc6c5)c5cccc-4c35)n2)cc1. The average Bonchev–Trinajstić information content (AvgIpc) is 3.26. The minimum atomic E-state index is 0.623. The van der Waals surface area contributed by atoms with E-state index in [9.17, 15) is 0 Å². The summed E-state index contributed by atoms with van der Waals surface area (Å²) in [5.41, 5.74) is 10.8. The molecular weight excluding hydrogens is 669 g/mol. The molecular formula is C51H32N4. The Morgan fingerprint density at radius 3 is 1.64 bits per heavy atom. The summed E-state index contributed by atoms with van der Waals surface area (Å²) < 4.78 is 0. The average molecular weight is 701 g/mol. The molecule has 256 valence electrons. The fraction of sp³-hybridized carbons (Fsp3) is 0. The summed E-state index contributed by atoms with van der Waals surface area (Å²) in [7, 11) is 0. The summed E-state index contributed by atoms with van der Waals surface area (Å²) in [6, 6.07) is 68.8. The molecule has 0 aliphatic carbocycles. The first-order valence-electron chi connectivity index (χ1n) is 18.6. The molecule has 10 aromatic rings. The zero-order chi connectivity index (χ0) is 36.3. The Morgan fingerprint density at radius 2 is 0.891 bits per heavy atom. The third kappa shape index (κ3) is 5.19. The van der Waals surface area contributed by atoms with Crippen molar-refractivity contribution in [1.82, 2.24) is 15.0 Å². The molecule has 0 saturated heterocycles. The Bertz CT molecular complexity index is 3100. The van der Waals surface area contributed by atoms with E-state index < -0.39 is 0 Å². The van der Waals surface area contributed by atoms with Crippen molar-refractivity contribution in [1.29, 1.82) is 0 Å². The summed E-state index contributed by atoms with van der Waals surface area (Å²) in [6.07, 6.45) is 0. The van der Waals surface area contributed by atoms with Crippen molar-refractivity contribution in [3.05, 3.63) is 194 Å². The largest absolute Gasteiger partial charge is 0.308 e. The van der Waals surface area contributed by atoms with Crippen molar-refractivity contribution >= 4 is 49.4 Å². The van der Waals surface area contributed by atoms with Gasteiger partial charge in [0.15, 0.2) is 17.5 Å². The van der Waals surface area contributed by atoms with Crippen molar-refractivity contribution < 1.29 is 0 Å². The van der Waals surface area contributed by atoms with Crippen LogP contribution in [0.25, 0.3) is 88.7 Å². The lowest BCUT2D eigenvalue weighted by molar-refractivity contribution is 1.07. The molecule has 0 unspecified atom stereocenters. The molecule has 0 N–H and O–H groups in total. The Kier molecular flexibility index (Phi) is 7.14. The Morgan fingerprint density at radius 1 is 0.327 bits per heavy atom. The number of anilines is 3. The highest BCUT2D eigenvalue weighted by molar-refractivity contribution is 6.19. The normalized spacial score (nSPS) is 12.0. The van der Waals surface area contributed by atoms with Crippen LogP contribution in [0.5, 0.6) is 0 Å². The number of hydrogen-bond acceptors (Lipinski definition) is 4. The summed E-state index contributed by atoms with van der Waals surface area (Å²) in [5.74, 6) is 1.89. The van der Waals surface area contributed by atoms with Crippen LogP contribution in [0.1, 0.15) is 0 Å². The highest BCUT2D eigenvalue weighted by Gasteiger charge is 2.30. The fourth-order valence-electron chi connectivity index (χ4n) is 8.23. The molecule has 4 heteroatoms. The summed E-state index contributed by atoms with van der Waals surface area (Å²) >= 11 is 0. The third-order valence-electron chi connectivity index (χ3n) is 10.8. The van der Waals surface area contributed by atoms with Crippen LogP contribution in [0.4, 0.5) is 17.1 Å². The summed E-state index contributed by atoms with van der Waals surface area (Å²) in [4.78, 5) is 18.0. The molecule has 0 spiro atoms. The van der Waals surface area contributed by atoms with E-state index in [1.54, 1.807) is 0 Å². The predicted octanol–water partition coefficient (Wildman–Crippen LogP) is 13.4. The van der Waals surface area contributed by atoms with Crippen LogP contribution in [0.3, 0.4) is 0 Å². The number of para-hydroxylation sites is 2. The molecule has 0 saturated carbocycles. The van der Waals surface area contributed by atoms with Crippen LogP contribution in [-0.4, -0.2) is 15.0 Å².